The molecule has 12 aromatic rings. The standard InChI is InChI=1S/C40H50N6O2.2C30H34N6.C16H22BrN3O.Pt/c1-7-31(41)27(5)39(44-37-19-9-11-21-47-37)35-17-13-15-33(42-35)29-24-30(26(4)23-25(29)3)34-16-14-18-36(43-34)40-28(6)32(8-2)45-46(40)38-20-10-12-22-48-38;1-7-23(31)19(5)29(32)27-13-9-11-25(33-27)21-16-22(18(4)15-17(21)3)26-12-10-14-28(34-26)30-20(6)24(8-2)35-36-30;1-7-23(31)19(5)29(33)27-13-9-11-25(35-27)21-16-22(18(4)15-17(21)3)26-12-10-14-28(36-26)30(34)20(6)24(32)8-2;1-3-12(18)11(2)16(13-7-6-8-14(17)19-13)20-15-9-4-5-10-21-15;/h13-18,23-24,37-38H,7-12,19-22,41H2,1-6H3;9-16,32H,7-8,31H2,1-6H3,(H,35,36);9-16,31-34H,7-8H2,1-6H3;6-8,15H,3-5,9-10,18H2,1-2H3;/q;;-2;;+2/b;;29-19-,30-20-,31-23?,32-24?;;. The summed E-state index contributed by atoms with van der Waals surface area (Å²) < 4.78 is 20.8. The molecule has 0 saturated carbocycles. The molecule has 12 N–H and O–H groups in total. The van der Waals surface area contributed by atoms with E-state index in [2.05, 4.69) is 165 Å². The maximum Gasteiger partial charge on any atom is 2.00 e. The fourth-order valence-electron chi connectivity index (χ4n) is 17.8. The minimum Gasteiger partial charge on any atom is -0.697 e. The minimum atomic E-state index is -0.178. The van der Waals surface area contributed by atoms with Crippen LogP contribution in [0.25, 0.3) is 113 Å². The Morgan fingerprint density at radius 3 is 1.13 bits per heavy atom. The number of hydrogen-bond acceptors (Lipinski definition) is 20. The zero-order valence-electron chi connectivity index (χ0n) is 86.3. The second-order valence-corrected chi connectivity index (χ2v) is 37.3. The first-order valence-corrected chi connectivity index (χ1v) is 50.4. The summed E-state index contributed by atoms with van der Waals surface area (Å²) in [5, 5.41) is 37.5. The van der Waals surface area contributed by atoms with Crippen LogP contribution in [0.15, 0.2) is 223 Å². The van der Waals surface area contributed by atoms with Crippen molar-refractivity contribution in [2.75, 3.05) is 19.8 Å². The Morgan fingerprint density at radius 1 is 0.401 bits per heavy atom. The van der Waals surface area contributed by atoms with Gasteiger partial charge in [-0.2, -0.15) is 10.2 Å². The predicted molar refractivity (Wildman–Crippen MR) is 583 cm³/mol. The second-order valence-electron chi connectivity index (χ2n) is 36.5. The first kappa shape index (κ1) is 110. The molecule has 142 heavy (non-hydrogen) atoms. The third-order valence-electron chi connectivity index (χ3n) is 26.7. The molecule has 26 heteroatoms. The molecule has 3 saturated heterocycles. The van der Waals surface area contributed by atoms with E-state index in [1.165, 1.54) is 11.1 Å². The van der Waals surface area contributed by atoms with Crippen molar-refractivity contribution in [2.45, 2.75) is 260 Å². The first-order valence-electron chi connectivity index (χ1n) is 49.6. The van der Waals surface area contributed by atoms with Crippen LogP contribution in [0, 0.1) is 71.6 Å². The molecular weight excluding hydrogens is 2010 g/mol. The van der Waals surface area contributed by atoms with E-state index in [0.717, 1.165) is 294 Å². The van der Waals surface area contributed by atoms with E-state index >= 15 is 0 Å². The van der Waals surface area contributed by atoms with Gasteiger partial charge >= 0.3 is 21.1 Å². The van der Waals surface area contributed by atoms with Crippen molar-refractivity contribution in [2.24, 2.45) is 27.2 Å². The minimum absolute atomic E-state index is 0. The largest absolute Gasteiger partial charge is 2.00 e. The van der Waals surface area contributed by atoms with Crippen molar-refractivity contribution in [1.82, 2.24) is 54.9 Å². The van der Waals surface area contributed by atoms with Crippen LogP contribution in [-0.4, -0.2) is 116 Å². The molecule has 15 rings (SSSR count). The number of benzene rings is 3. The van der Waals surface area contributed by atoms with E-state index in [1.807, 2.05) is 159 Å². The Labute approximate surface area is 862 Å². The van der Waals surface area contributed by atoms with Crippen LogP contribution in [-0.2, 0) is 48.1 Å². The fraction of sp³-hybridized carbons (Fsp3) is 0.362. The molecule has 0 aliphatic carbocycles. The number of aromatic amines is 1. The van der Waals surface area contributed by atoms with Gasteiger partial charge in [0.1, 0.15) is 22.8 Å². The van der Waals surface area contributed by atoms with Gasteiger partial charge in [-0.25, -0.2) is 39.6 Å². The molecule has 3 aliphatic heterocycles. The van der Waals surface area contributed by atoms with Gasteiger partial charge in [0.25, 0.3) is 0 Å². The maximum absolute atomic E-state index is 8.61. The van der Waals surface area contributed by atoms with E-state index in [9.17, 15) is 0 Å². The van der Waals surface area contributed by atoms with E-state index in [-0.39, 0.29) is 51.1 Å². The molecule has 3 fully saturated rings. The Hall–Kier alpha value is -12.8. The number of nitrogens with two attached hydrogens (primary N) is 3. The normalized spacial score (nSPS) is 15.9. The molecule has 0 bridgehead atoms. The molecule has 0 spiro atoms. The SMILES string of the molecule is CCC(=N)/C(C)=C(\[NH-])c1cccc(-c2cc(-c3cccc(/C([NH-])=C(\C)C(=N)CC)n3)c(C)cc2C)n1.CCC(N)=C(C)C(=N)c1cccc(-c2cc(-c3cccc(-c4n[nH]c(CC)c4C)n3)c(C)cc2C)n1.CCC(N)=C(C)C(=NC1CCCCO1)c1cccc(-c2cc(-c3cccc(-c4c(C)c(CC)nn4C4CCCCO4)n3)c(C)cc2C)n1.CCC(N)=C(C)C(=NC1CCCCO1)c1cccc(Br)n1.[Pt+2]. The zero-order chi connectivity index (χ0) is 102. The molecule has 12 heterocycles. The number of rotatable bonds is 28. The number of allylic oxidation sites excluding steroid dienone is 8. The summed E-state index contributed by atoms with van der Waals surface area (Å²) >= 11 is 3.41. The quantitative estimate of drug-likeness (QED) is 0.0177. The zero-order valence-corrected chi connectivity index (χ0v) is 90.1. The van der Waals surface area contributed by atoms with Crippen LogP contribution in [0.2, 0.25) is 0 Å². The first-order chi connectivity index (χ1) is 67.7. The summed E-state index contributed by atoms with van der Waals surface area (Å²) in [7, 11) is 0. The third kappa shape index (κ3) is 26.6. The van der Waals surface area contributed by atoms with Crippen LogP contribution in [0.1, 0.15) is 264 Å². The van der Waals surface area contributed by atoms with Crippen LogP contribution in [0.4, 0.5) is 0 Å². The number of aliphatic imine (C=N–C) groups is 2. The van der Waals surface area contributed by atoms with Gasteiger partial charge in [-0.05, 0) is 384 Å². The summed E-state index contributed by atoms with van der Waals surface area (Å²) in [5.41, 5.74) is 75.0. The maximum atomic E-state index is 8.61. The number of aryl methyl sites for hydroxylation is 8. The van der Waals surface area contributed by atoms with Crippen molar-refractivity contribution in [3.8, 4) is 90.3 Å². The van der Waals surface area contributed by atoms with E-state index in [1.54, 1.807) is 13.8 Å². The van der Waals surface area contributed by atoms with Crippen LogP contribution in [0.5, 0.6) is 0 Å². The van der Waals surface area contributed by atoms with Crippen molar-refractivity contribution in [3.05, 3.63) is 309 Å². The van der Waals surface area contributed by atoms with E-state index in [4.69, 9.17) is 104 Å². The summed E-state index contributed by atoms with van der Waals surface area (Å²) in [6.45, 7) is 42.9. The van der Waals surface area contributed by atoms with E-state index in [0.29, 0.717) is 70.3 Å². The number of hydrogen-bond donors (Lipinski definition) is 7. The number of aromatic nitrogens is 11. The van der Waals surface area contributed by atoms with E-state index < -0.39 is 0 Å². The smallest absolute Gasteiger partial charge is 0.697 e. The Balaban J connectivity index is 0.000000186. The molecule has 0 amide bonds. The average molecular weight is 2150 g/mol. The van der Waals surface area contributed by atoms with Crippen molar-refractivity contribution in [1.29, 1.82) is 16.2 Å². The number of pyridine rings is 7. The Morgan fingerprint density at radius 2 is 0.754 bits per heavy atom. The topological polar surface area (TPSA) is 386 Å². The summed E-state index contributed by atoms with van der Waals surface area (Å²) in [6.07, 6.45) is 14.4. The molecule has 3 unspecified atom stereocenters. The number of halogens is 1. The number of nitrogens with one attached hydrogen (secondary N) is 6. The molecular formula is C116H140BrN21O3Pt. The second kappa shape index (κ2) is 51.3. The molecule has 744 valence electrons. The Kier molecular flexibility index (Phi) is 39.6. The number of ether oxygens (including phenoxy) is 3. The molecule has 0 radical (unpaired) electrons. The molecule has 3 atom stereocenters. The van der Waals surface area contributed by atoms with Crippen LogP contribution in [0.3, 0.4) is 0 Å². The monoisotopic (exact) mass is 2150 g/mol. The molecule has 3 aromatic carbocycles. The predicted octanol–water partition coefficient (Wildman–Crippen LogP) is 28.2. The summed E-state index contributed by atoms with van der Waals surface area (Å²) in [4.78, 5) is 44.3. The molecule has 3 aliphatic rings. The summed E-state index contributed by atoms with van der Waals surface area (Å²) in [6, 6.07) is 54.4. The fourth-order valence-corrected chi connectivity index (χ4v) is 18.1. The van der Waals surface area contributed by atoms with Gasteiger partial charge < -0.3 is 53.7 Å². The molecule has 24 nitrogen and oxygen atoms in total. The van der Waals surface area contributed by atoms with Gasteiger partial charge in [-0.3, -0.25) is 20.5 Å². The Bertz CT molecular complexity index is 6700. The van der Waals surface area contributed by atoms with Gasteiger partial charge in [0.05, 0.1) is 91.2 Å². The van der Waals surface area contributed by atoms with Gasteiger partial charge in [-0.1, -0.05) is 109 Å². The van der Waals surface area contributed by atoms with Crippen LogP contribution < -0.4 is 17.2 Å². The van der Waals surface area contributed by atoms with Crippen molar-refractivity contribution >= 4 is 55.9 Å². The third-order valence-corrected chi connectivity index (χ3v) is 27.1. The van der Waals surface area contributed by atoms with Crippen LogP contribution >= 0.6 is 15.9 Å². The van der Waals surface area contributed by atoms with Gasteiger partial charge in [0.15, 0.2) is 6.23 Å². The number of nitrogens with zero attached hydrogens (tertiary/aromatic N) is 12. The summed E-state index contributed by atoms with van der Waals surface area (Å²) in [5.74, 6) is 0. The number of H-pyrrole nitrogens is 1. The molecule has 9 aromatic heterocycles. The van der Waals surface area contributed by atoms with Gasteiger partial charge in [0.2, 0.25) is 0 Å². The average Bonchev–Trinajstić information content (AvgIpc) is 1.60. The van der Waals surface area contributed by atoms with Crippen molar-refractivity contribution in [3.63, 3.8) is 0 Å². The van der Waals surface area contributed by atoms with Gasteiger partial charge in [0, 0.05) is 98.8 Å². The van der Waals surface area contributed by atoms with Crippen molar-refractivity contribution < 1.29 is 35.3 Å². The van der Waals surface area contributed by atoms with Gasteiger partial charge in [-0.15, -0.1) is 11.4 Å².